The smallest absolute Gasteiger partial charge is 0.192 e. The first-order chi connectivity index (χ1) is 11.2. The van der Waals surface area contributed by atoms with Crippen molar-refractivity contribution in [2.45, 2.75) is 26.4 Å². The zero-order valence-electron chi connectivity index (χ0n) is 14.5. The van der Waals surface area contributed by atoms with Gasteiger partial charge in [-0.05, 0) is 25.5 Å². The molecule has 0 aliphatic carbocycles. The Bertz CT molecular complexity index is 632. The zero-order chi connectivity index (χ0) is 16.5. The summed E-state index contributed by atoms with van der Waals surface area (Å²) < 4.78 is 5.38. The number of methoxy groups -OCH3 is 1. The second kappa shape index (κ2) is 10.9. The lowest BCUT2D eigenvalue weighted by Crippen LogP contribution is -2.38. The van der Waals surface area contributed by atoms with Crippen LogP contribution >= 0.6 is 24.0 Å². The van der Waals surface area contributed by atoms with E-state index in [0.29, 0.717) is 6.54 Å². The molecular weight excluding hydrogens is 413 g/mol. The second-order valence-electron chi connectivity index (χ2n) is 5.28. The molecule has 4 nitrogen and oxygen atoms in total. The maximum absolute atomic E-state index is 5.38. The number of ether oxygens (including phenoxy) is 1. The highest BCUT2D eigenvalue weighted by Gasteiger charge is 2.07. The number of aliphatic imine (C=N–C) groups is 1. The molecule has 0 saturated heterocycles. The van der Waals surface area contributed by atoms with E-state index in [4.69, 9.17) is 4.74 Å². The molecular formula is C19H26IN3O. The normalized spacial score (nSPS) is 12.0. The van der Waals surface area contributed by atoms with E-state index in [9.17, 15) is 0 Å². The third-order valence-electron chi connectivity index (χ3n) is 3.60. The molecule has 1 atom stereocenters. The van der Waals surface area contributed by atoms with Gasteiger partial charge < -0.3 is 15.4 Å². The van der Waals surface area contributed by atoms with Crippen molar-refractivity contribution in [2.24, 2.45) is 4.99 Å². The molecule has 1 unspecified atom stereocenters. The summed E-state index contributed by atoms with van der Waals surface area (Å²) in [6, 6.07) is 18.5. The van der Waals surface area contributed by atoms with Crippen LogP contribution in [0.25, 0.3) is 0 Å². The lowest BCUT2D eigenvalue weighted by Gasteiger charge is -2.18. The maximum Gasteiger partial charge on any atom is 0.192 e. The Morgan fingerprint density at radius 3 is 2.42 bits per heavy atom. The molecule has 0 aliphatic rings. The van der Waals surface area contributed by atoms with E-state index in [-0.39, 0.29) is 30.0 Å². The van der Waals surface area contributed by atoms with Crippen LogP contribution in [0.1, 0.15) is 31.0 Å². The molecule has 0 fully saturated rings. The number of halogens is 1. The quantitative estimate of drug-likeness (QED) is 0.404. The molecule has 0 radical (unpaired) electrons. The summed E-state index contributed by atoms with van der Waals surface area (Å²) in [7, 11) is 1.68. The van der Waals surface area contributed by atoms with E-state index in [1.165, 1.54) is 5.56 Å². The SMILES string of the molecule is CCNC(=NCc1ccccc1OC)NC(C)c1ccccc1.I. The number of benzene rings is 2. The van der Waals surface area contributed by atoms with Gasteiger partial charge in [-0.25, -0.2) is 4.99 Å². The predicted molar refractivity (Wildman–Crippen MR) is 111 cm³/mol. The van der Waals surface area contributed by atoms with Crippen molar-refractivity contribution in [3.8, 4) is 5.75 Å². The van der Waals surface area contributed by atoms with Crippen molar-refractivity contribution in [3.63, 3.8) is 0 Å². The van der Waals surface area contributed by atoms with Crippen molar-refractivity contribution >= 4 is 29.9 Å². The number of guanidine groups is 1. The van der Waals surface area contributed by atoms with Crippen molar-refractivity contribution < 1.29 is 4.74 Å². The summed E-state index contributed by atoms with van der Waals surface area (Å²) in [6.07, 6.45) is 0. The lowest BCUT2D eigenvalue weighted by atomic mass is 10.1. The van der Waals surface area contributed by atoms with Crippen molar-refractivity contribution in [1.29, 1.82) is 0 Å². The highest BCUT2D eigenvalue weighted by molar-refractivity contribution is 14.0. The Balaban J connectivity index is 0.00000288. The first-order valence-electron chi connectivity index (χ1n) is 7.96. The third kappa shape index (κ3) is 6.03. The molecule has 2 rings (SSSR count). The first kappa shape index (κ1) is 20.3. The highest BCUT2D eigenvalue weighted by Crippen LogP contribution is 2.18. The fourth-order valence-electron chi connectivity index (χ4n) is 2.35. The van der Waals surface area contributed by atoms with Crippen molar-refractivity contribution in [2.75, 3.05) is 13.7 Å². The van der Waals surface area contributed by atoms with E-state index in [2.05, 4.69) is 41.6 Å². The Hall–Kier alpha value is -1.76. The van der Waals surface area contributed by atoms with Crippen LogP contribution in [0.2, 0.25) is 0 Å². The van der Waals surface area contributed by atoms with Gasteiger partial charge in [-0.2, -0.15) is 0 Å². The van der Waals surface area contributed by atoms with Gasteiger partial charge in [0.1, 0.15) is 5.75 Å². The Morgan fingerprint density at radius 2 is 1.75 bits per heavy atom. The van der Waals surface area contributed by atoms with Gasteiger partial charge in [0.05, 0.1) is 19.7 Å². The standard InChI is InChI=1S/C19H25N3O.HI/c1-4-20-19(22-15(2)16-10-6-5-7-11-16)21-14-17-12-8-9-13-18(17)23-3;/h5-13,15H,4,14H2,1-3H3,(H2,20,21,22);1H. The van der Waals surface area contributed by atoms with Crippen LogP contribution in [0.4, 0.5) is 0 Å². The minimum atomic E-state index is 0. The average Bonchev–Trinajstić information content (AvgIpc) is 2.60. The van der Waals surface area contributed by atoms with E-state index in [1.54, 1.807) is 7.11 Å². The summed E-state index contributed by atoms with van der Waals surface area (Å²) in [5, 5.41) is 6.73. The predicted octanol–water partition coefficient (Wildman–Crippen LogP) is 4.13. The van der Waals surface area contributed by atoms with E-state index < -0.39 is 0 Å². The van der Waals surface area contributed by atoms with Gasteiger partial charge in [-0.1, -0.05) is 48.5 Å². The van der Waals surface area contributed by atoms with E-state index >= 15 is 0 Å². The number of nitrogens with one attached hydrogen (secondary N) is 2. The number of hydrogen-bond acceptors (Lipinski definition) is 2. The number of nitrogens with zero attached hydrogens (tertiary/aromatic N) is 1. The van der Waals surface area contributed by atoms with Crippen LogP contribution in [0, 0.1) is 0 Å². The topological polar surface area (TPSA) is 45.7 Å². The lowest BCUT2D eigenvalue weighted by molar-refractivity contribution is 0.410. The summed E-state index contributed by atoms with van der Waals surface area (Å²) in [5.41, 5.74) is 2.30. The van der Waals surface area contributed by atoms with Gasteiger partial charge in [0.2, 0.25) is 0 Å². The van der Waals surface area contributed by atoms with E-state index in [1.807, 2.05) is 42.5 Å². The molecule has 24 heavy (non-hydrogen) atoms. The number of para-hydroxylation sites is 1. The first-order valence-corrected chi connectivity index (χ1v) is 7.96. The summed E-state index contributed by atoms with van der Waals surface area (Å²) in [4.78, 5) is 4.67. The van der Waals surface area contributed by atoms with Crippen LogP contribution in [0.5, 0.6) is 5.75 Å². The van der Waals surface area contributed by atoms with Gasteiger partial charge in [0.25, 0.3) is 0 Å². The summed E-state index contributed by atoms with van der Waals surface area (Å²) in [5.74, 6) is 1.66. The Kier molecular flexibility index (Phi) is 9.22. The monoisotopic (exact) mass is 439 g/mol. The largest absolute Gasteiger partial charge is 0.496 e. The fraction of sp³-hybridized carbons (Fsp3) is 0.316. The number of rotatable bonds is 6. The average molecular weight is 439 g/mol. The molecule has 0 bridgehead atoms. The zero-order valence-corrected chi connectivity index (χ0v) is 16.8. The van der Waals surface area contributed by atoms with Crippen LogP contribution in [0.15, 0.2) is 59.6 Å². The maximum atomic E-state index is 5.38. The molecule has 2 aromatic carbocycles. The van der Waals surface area contributed by atoms with Crippen molar-refractivity contribution in [3.05, 3.63) is 65.7 Å². The van der Waals surface area contributed by atoms with Crippen LogP contribution in [-0.4, -0.2) is 19.6 Å². The van der Waals surface area contributed by atoms with Crippen LogP contribution in [0.3, 0.4) is 0 Å². The minimum Gasteiger partial charge on any atom is -0.496 e. The number of hydrogen-bond donors (Lipinski definition) is 2. The second-order valence-corrected chi connectivity index (χ2v) is 5.28. The Morgan fingerprint density at radius 1 is 1.08 bits per heavy atom. The highest BCUT2D eigenvalue weighted by atomic mass is 127. The molecule has 2 aromatic rings. The van der Waals surface area contributed by atoms with Crippen molar-refractivity contribution in [1.82, 2.24) is 10.6 Å². The minimum absolute atomic E-state index is 0. The summed E-state index contributed by atoms with van der Waals surface area (Å²) in [6.45, 7) is 5.58. The molecule has 130 valence electrons. The molecule has 5 heteroatoms. The van der Waals surface area contributed by atoms with Crippen LogP contribution in [-0.2, 0) is 6.54 Å². The molecule has 0 saturated carbocycles. The third-order valence-corrected chi connectivity index (χ3v) is 3.60. The van der Waals surface area contributed by atoms with Gasteiger partial charge in [-0.3, -0.25) is 0 Å². The van der Waals surface area contributed by atoms with Crippen LogP contribution < -0.4 is 15.4 Å². The molecule has 0 heterocycles. The summed E-state index contributed by atoms with van der Waals surface area (Å²) >= 11 is 0. The van der Waals surface area contributed by atoms with Gasteiger partial charge >= 0.3 is 0 Å². The van der Waals surface area contributed by atoms with Gasteiger partial charge in [0, 0.05) is 12.1 Å². The van der Waals surface area contributed by atoms with Gasteiger partial charge in [0.15, 0.2) is 5.96 Å². The van der Waals surface area contributed by atoms with E-state index in [0.717, 1.165) is 23.8 Å². The van der Waals surface area contributed by atoms with Gasteiger partial charge in [-0.15, -0.1) is 24.0 Å². The molecule has 0 spiro atoms. The fourth-order valence-corrected chi connectivity index (χ4v) is 2.35. The molecule has 0 amide bonds. The molecule has 0 aromatic heterocycles. The molecule has 0 aliphatic heterocycles. The molecule has 2 N–H and O–H groups in total. The Labute approximate surface area is 161 Å².